The molecule has 0 aliphatic carbocycles. The average Bonchev–Trinajstić information content (AvgIpc) is 3.08. The molecule has 3 aromatic rings. The third-order valence-electron chi connectivity index (χ3n) is 3.79. The first kappa shape index (κ1) is 10.1. The number of nitrogens with zero attached hydrogens (tertiary/aromatic N) is 2. The van der Waals surface area contributed by atoms with E-state index in [0.717, 1.165) is 24.1 Å². The van der Waals surface area contributed by atoms with Gasteiger partial charge in [-0.1, -0.05) is 0 Å². The number of benzene rings is 1. The Hall–Kier alpha value is -1.81. The molecule has 1 aromatic carbocycles. The van der Waals surface area contributed by atoms with Gasteiger partial charge in [-0.3, -0.25) is 4.68 Å². The normalized spacial score (nSPS) is 20.1. The van der Waals surface area contributed by atoms with Crippen LogP contribution in [0.2, 0.25) is 0 Å². The van der Waals surface area contributed by atoms with E-state index < -0.39 is 0 Å². The molecule has 92 valence electrons. The Labute approximate surface area is 105 Å². The molecule has 1 saturated heterocycles. The van der Waals surface area contributed by atoms with E-state index in [-0.39, 0.29) is 0 Å². The predicted molar refractivity (Wildman–Crippen MR) is 70.5 cm³/mol. The van der Waals surface area contributed by atoms with Crippen LogP contribution >= 0.6 is 0 Å². The molecule has 1 fully saturated rings. The van der Waals surface area contributed by atoms with Crippen molar-refractivity contribution >= 4 is 21.9 Å². The molecule has 2 aromatic heterocycles. The maximum Gasteiger partial charge on any atom is 0.136 e. The maximum absolute atomic E-state index is 5.46. The number of nitrogens with one attached hydrogen (secondary N) is 1. The molecule has 4 heteroatoms. The molecule has 0 spiro atoms. The summed E-state index contributed by atoms with van der Waals surface area (Å²) in [6, 6.07) is 6.66. The molecule has 0 radical (unpaired) electrons. The third kappa shape index (κ3) is 1.46. The fourth-order valence-corrected chi connectivity index (χ4v) is 2.89. The fraction of sp³-hybridized carbons (Fsp3) is 0.357. The highest BCUT2D eigenvalue weighted by atomic mass is 16.3. The lowest BCUT2D eigenvalue weighted by Crippen LogP contribution is -2.27. The maximum atomic E-state index is 5.46. The zero-order valence-electron chi connectivity index (χ0n) is 10.1. The van der Waals surface area contributed by atoms with Crippen LogP contribution in [0.4, 0.5) is 0 Å². The molecule has 0 amide bonds. The van der Waals surface area contributed by atoms with Crippen LogP contribution in [-0.2, 0) is 6.54 Å². The monoisotopic (exact) mass is 241 g/mol. The molecule has 0 bridgehead atoms. The van der Waals surface area contributed by atoms with Gasteiger partial charge in [-0.05, 0) is 37.6 Å². The van der Waals surface area contributed by atoms with Crippen LogP contribution in [0, 0.1) is 0 Å². The van der Waals surface area contributed by atoms with E-state index in [1.807, 2.05) is 18.3 Å². The lowest BCUT2D eigenvalue weighted by molar-refractivity contribution is 0.487. The van der Waals surface area contributed by atoms with Gasteiger partial charge < -0.3 is 9.73 Å². The lowest BCUT2D eigenvalue weighted by atomic mass is 10.2. The van der Waals surface area contributed by atoms with Crippen molar-refractivity contribution in [2.75, 3.05) is 6.54 Å². The summed E-state index contributed by atoms with van der Waals surface area (Å²) >= 11 is 0. The molecule has 1 aliphatic rings. The molecule has 1 aliphatic heterocycles. The first-order valence-electron chi connectivity index (χ1n) is 6.47. The van der Waals surface area contributed by atoms with Gasteiger partial charge in [0.15, 0.2) is 0 Å². The number of furan rings is 1. The van der Waals surface area contributed by atoms with E-state index in [9.17, 15) is 0 Å². The van der Waals surface area contributed by atoms with Crippen molar-refractivity contribution in [2.24, 2.45) is 0 Å². The summed E-state index contributed by atoms with van der Waals surface area (Å²) in [4.78, 5) is 0. The smallest absolute Gasteiger partial charge is 0.136 e. The number of rotatable bonds is 2. The van der Waals surface area contributed by atoms with E-state index in [0.29, 0.717) is 6.04 Å². The van der Waals surface area contributed by atoms with E-state index in [1.165, 1.54) is 23.7 Å². The number of fused-ring (bicyclic) bond motifs is 3. The molecule has 0 saturated carbocycles. The molecular weight excluding hydrogens is 226 g/mol. The van der Waals surface area contributed by atoms with Crippen molar-refractivity contribution in [3.05, 3.63) is 30.7 Å². The van der Waals surface area contributed by atoms with Gasteiger partial charge in [-0.15, -0.1) is 0 Å². The van der Waals surface area contributed by atoms with Crippen molar-refractivity contribution < 1.29 is 4.42 Å². The number of hydrogen-bond acceptors (Lipinski definition) is 3. The standard InChI is InChI=1S/C14H15N3O/c1-2-11(15-6-1)9-17-14-10(8-16-17)3-4-13-12(14)5-7-18-13/h3-5,7-8,11,15H,1-2,6,9H2/t11-/m0/s1. The van der Waals surface area contributed by atoms with Gasteiger partial charge in [0.2, 0.25) is 0 Å². The highest BCUT2D eigenvalue weighted by molar-refractivity contribution is 6.03. The summed E-state index contributed by atoms with van der Waals surface area (Å²) in [5.41, 5.74) is 2.12. The lowest BCUT2D eigenvalue weighted by Gasteiger charge is -2.11. The van der Waals surface area contributed by atoms with Crippen LogP contribution in [0.1, 0.15) is 12.8 Å². The SMILES string of the molecule is c1cc2c(ccc3cnn(C[C@@H]4CCCN4)c32)o1. The number of aromatic nitrogens is 2. The minimum atomic E-state index is 0.551. The predicted octanol–water partition coefficient (Wildman–Crippen LogP) is 2.53. The topological polar surface area (TPSA) is 43.0 Å². The minimum absolute atomic E-state index is 0.551. The van der Waals surface area contributed by atoms with Gasteiger partial charge in [-0.2, -0.15) is 5.10 Å². The van der Waals surface area contributed by atoms with Crippen molar-refractivity contribution in [2.45, 2.75) is 25.4 Å². The van der Waals surface area contributed by atoms with Crippen molar-refractivity contribution in [3.63, 3.8) is 0 Å². The van der Waals surface area contributed by atoms with Crippen LogP contribution in [0.25, 0.3) is 21.9 Å². The molecule has 0 unspecified atom stereocenters. The van der Waals surface area contributed by atoms with Gasteiger partial charge in [0, 0.05) is 16.8 Å². The average molecular weight is 241 g/mol. The summed E-state index contributed by atoms with van der Waals surface area (Å²) < 4.78 is 7.57. The summed E-state index contributed by atoms with van der Waals surface area (Å²) in [6.45, 7) is 2.07. The van der Waals surface area contributed by atoms with E-state index >= 15 is 0 Å². The quantitative estimate of drug-likeness (QED) is 0.749. The van der Waals surface area contributed by atoms with E-state index in [4.69, 9.17) is 4.42 Å². The molecule has 1 N–H and O–H groups in total. The molecule has 1 atom stereocenters. The molecule has 4 nitrogen and oxygen atoms in total. The highest BCUT2D eigenvalue weighted by Crippen LogP contribution is 2.26. The van der Waals surface area contributed by atoms with Crippen LogP contribution in [0.15, 0.2) is 35.1 Å². The first-order chi connectivity index (χ1) is 8.92. The Morgan fingerprint density at radius 1 is 1.39 bits per heavy atom. The van der Waals surface area contributed by atoms with Crippen LogP contribution < -0.4 is 5.32 Å². The highest BCUT2D eigenvalue weighted by Gasteiger charge is 2.17. The first-order valence-corrected chi connectivity index (χ1v) is 6.47. The van der Waals surface area contributed by atoms with Crippen LogP contribution in [0.5, 0.6) is 0 Å². The van der Waals surface area contributed by atoms with Gasteiger partial charge in [0.1, 0.15) is 5.58 Å². The fourth-order valence-electron chi connectivity index (χ4n) is 2.89. The largest absolute Gasteiger partial charge is 0.464 e. The minimum Gasteiger partial charge on any atom is -0.464 e. The van der Waals surface area contributed by atoms with Crippen molar-refractivity contribution in [1.82, 2.24) is 15.1 Å². The Balaban J connectivity index is 1.86. The summed E-state index contributed by atoms with van der Waals surface area (Å²) in [5.74, 6) is 0. The van der Waals surface area contributed by atoms with Gasteiger partial charge in [-0.25, -0.2) is 0 Å². The van der Waals surface area contributed by atoms with E-state index in [1.54, 1.807) is 6.26 Å². The Kier molecular flexibility index (Phi) is 2.17. The summed E-state index contributed by atoms with van der Waals surface area (Å²) in [6.07, 6.45) is 6.19. The zero-order chi connectivity index (χ0) is 11.9. The second kappa shape index (κ2) is 3.85. The van der Waals surface area contributed by atoms with Crippen molar-refractivity contribution in [3.8, 4) is 0 Å². The van der Waals surface area contributed by atoms with Crippen LogP contribution in [-0.4, -0.2) is 22.4 Å². The summed E-state index contributed by atoms with van der Waals surface area (Å²) in [5, 5.41) is 10.4. The Morgan fingerprint density at radius 2 is 2.39 bits per heavy atom. The summed E-state index contributed by atoms with van der Waals surface area (Å²) in [7, 11) is 0. The van der Waals surface area contributed by atoms with Gasteiger partial charge in [0.05, 0.1) is 24.5 Å². The molecular formula is C14H15N3O. The van der Waals surface area contributed by atoms with Crippen LogP contribution in [0.3, 0.4) is 0 Å². The molecule has 4 rings (SSSR count). The molecule has 18 heavy (non-hydrogen) atoms. The second-order valence-corrected chi connectivity index (χ2v) is 4.96. The van der Waals surface area contributed by atoms with Gasteiger partial charge >= 0.3 is 0 Å². The number of hydrogen-bond donors (Lipinski definition) is 1. The zero-order valence-corrected chi connectivity index (χ0v) is 10.1. The van der Waals surface area contributed by atoms with Gasteiger partial charge in [0.25, 0.3) is 0 Å². The van der Waals surface area contributed by atoms with E-state index in [2.05, 4.69) is 21.2 Å². The Bertz CT molecular complexity index is 691. The second-order valence-electron chi connectivity index (χ2n) is 4.96. The molecule has 3 heterocycles. The third-order valence-corrected chi connectivity index (χ3v) is 3.79. The Morgan fingerprint density at radius 3 is 3.28 bits per heavy atom. The van der Waals surface area contributed by atoms with Crippen molar-refractivity contribution in [1.29, 1.82) is 0 Å².